The Morgan fingerprint density at radius 2 is 1.90 bits per heavy atom. The van der Waals surface area contributed by atoms with Gasteiger partial charge < -0.3 is 0 Å². The molecule has 1 aromatic rings. The van der Waals surface area contributed by atoms with Crippen molar-refractivity contribution in [2.24, 2.45) is 0 Å². The third-order valence-corrected chi connectivity index (χ3v) is 4.78. The van der Waals surface area contributed by atoms with Crippen molar-refractivity contribution >= 4 is 92.4 Å². The van der Waals surface area contributed by atoms with Crippen LogP contribution in [0.15, 0.2) is 27.3 Å². The highest BCUT2D eigenvalue weighted by Gasteiger charge is 2.31. The summed E-state index contributed by atoms with van der Waals surface area (Å²) in [5.41, 5.74) is -0.427. The standard InChI is InChI=1S/C9H3Cl6N3OS/c10-3-1-4(6(12)7(20)5(3)11)17-2-16-18(8(17)19)9(13,14)15/h1-2,6H. The second-order valence-corrected chi connectivity index (χ2v) is 7.50. The largest absolute Gasteiger partial charge is 0.354 e. The molecule has 20 heavy (non-hydrogen) atoms. The fourth-order valence-corrected chi connectivity index (χ4v) is 2.82. The molecule has 0 saturated heterocycles. The average molecular weight is 414 g/mol. The van der Waals surface area contributed by atoms with E-state index in [2.05, 4.69) is 5.10 Å². The SMILES string of the molecule is O=c1n(C2=CC(Cl)=C(Cl)C(=S)C2Cl)cnn1C(Cl)(Cl)Cl. The van der Waals surface area contributed by atoms with Crippen LogP contribution in [0.1, 0.15) is 0 Å². The third kappa shape index (κ3) is 2.90. The lowest BCUT2D eigenvalue weighted by Gasteiger charge is -2.20. The van der Waals surface area contributed by atoms with Gasteiger partial charge in [-0.15, -0.1) is 11.6 Å². The Morgan fingerprint density at radius 1 is 1.30 bits per heavy atom. The van der Waals surface area contributed by atoms with Crippen molar-refractivity contribution in [3.8, 4) is 0 Å². The van der Waals surface area contributed by atoms with E-state index in [-0.39, 0.29) is 20.6 Å². The molecule has 0 amide bonds. The van der Waals surface area contributed by atoms with E-state index in [1.54, 1.807) is 0 Å². The van der Waals surface area contributed by atoms with Crippen LogP contribution < -0.4 is 5.69 Å². The fourth-order valence-electron chi connectivity index (χ4n) is 1.48. The first kappa shape index (κ1) is 16.6. The molecule has 4 nitrogen and oxygen atoms in total. The number of hydrogen-bond donors (Lipinski definition) is 0. The average Bonchev–Trinajstić information content (AvgIpc) is 2.73. The van der Waals surface area contributed by atoms with Crippen molar-refractivity contribution in [3.05, 3.63) is 33.0 Å². The molecule has 1 atom stereocenters. The summed E-state index contributed by atoms with van der Waals surface area (Å²) in [5.74, 6) is 0. The van der Waals surface area contributed by atoms with Crippen molar-refractivity contribution in [3.63, 3.8) is 0 Å². The number of thiocarbonyl (C=S) groups is 1. The van der Waals surface area contributed by atoms with Crippen LogP contribution in [0.5, 0.6) is 0 Å². The van der Waals surface area contributed by atoms with E-state index in [1.165, 1.54) is 6.08 Å². The number of alkyl halides is 4. The van der Waals surface area contributed by atoms with Gasteiger partial charge in [0.1, 0.15) is 11.7 Å². The summed E-state index contributed by atoms with van der Waals surface area (Å²) in [6, 6.07) is 0. The Morgan fingerprint density at radius 3 is 2.40 bits per heavy atom. The molecule has 0 spiro atoms. The summed E-state index contributed by atoms with van der Waals surface area (Å²) in [5, 5.41) is 3.20. The molecule has 1 heterocycles. The van der Waals surface area contributed by atoms with Crippen molar-refractivity contribution in [1.29, 1.82) is 0 Å². The molecule has 0 aliphatic heterocycles. The maximum absolute atomic E-state index is 12.1. The maximum Gasteiger partial charge on any atom is 0.354 e. The van der Waals surface area contributed by atoms with Crippen molar-refractivity contribution in [2.45, 2.75) is 9.29 Å². The number of hydrogen-bond acceptors (Lipinski definition) is 3. The van der Waals surface area contributed by atoms with Crippen LogP contribution in [0.4, 0.5) is 0 Å². The van der Waals surface area contributed by atoms with Crippen LogP contribution in [-0.2, 0) is 3.92 Å². The topological polar surface area (TPSA) is 39.8 Å². The van der Waals surface area contributed by atoms with Crippen LogP contribution >= 0.6 is 81.8 Å². The Bertz CT molecular complexity index is 697. The molecule has 0 aromatic carbocycles. The third-order valence-electron chi connectivity index (χ3n) is 2.38. The summed E-state index contributed by atoms with van der Waals surface area (Å²) in [6.07, 6.45) is 2.56. The Labute approximate surface area is 148 Å². The molecule has 1 unspecified atom stereocenters. The lowest BCUT2D eigenvalue weighted by atomic mass is 10.1. The first-order valence-electron chi connectivity index (χ1n) is 4.84. The van der Waals surface area contributed by atoms with E-state index in [1.807, 2.05) is 0 Å². The first-order valence-corrected chi connectivity index (χ1v) is 7.57. The van der Waals surface area contributed by atoms with E-state index in [9.17, 15) is 4.79 Å². The van der Waals surface area contributed by atoms with Gasteiger partial charge in [0.2, 0.25) is 0 Å². The lowest BCUT2D eigenvalue weighted by molar-refractivity contribution is 0.641. The number of aromatic nitrogens is 3. The van der Waals surface area contributed by atoms with Gasteiger partial charge in [0.05, 0.1) is 20.6 Å². The second-order valence-electron chi connectivity index (χ2n) is 3.62. The van der Waals surface area contributed by atoms with Crippen LogP contribution in [0.25, 0.3) is 5.70 Å². The van der Waals surface area contributed by atoms with Crippen LogP contribution in [-0.4, -0.2) is 24.6 Å². The Kier molecular flexibility index (Phi) is 4.82. The maximum atomic E-state index is 12.1. The molecule has 1 aliphatic rings. The molecule has 2 rings (SSSR count). The van der Waals surface area contributed by atoms with Crippen LogP contribution in [0.3, 0.4) is 0 Å². The fraction of sp³-hybridized carbons (Fsp3) is 0.222. The molecular formula is C9H3Cl6N3OS. The smallest absolute Gasteiger partial charge is 0.251 e. The van der Waals surface area contributed by atoms with Crippen LogP contribution in [0, 0.1) is 0 Å². The molecular weight excluding hydrogens is 411 g/mol. The van der Waals surface area contributed by atoms with Crippen LogP contribution in [0.2, 0.25) is 0 Å². The highest BCUT2D eigenvalue weighted by molar-refractivity contribution is 7.81. The second kappa shape index (κ2) is 5.80. The van der Waals surface area contributed by atoms with Gasteiger partial charge in [0, 0.05) is 0 Å². The number of halogens is 6. The van der Waals surface area contributed by atoms with Gasteiger partial charge in [-0.25, -0.2) is 4.79 Å². The minimum Gasteiger partial charge on any atom is -0.251 e. The zero-order chi connectivity index (χ0) is 15.2. The van der Waals surface area contributed by atoms with Gasteiger partial charge in [-0.3, -0.25) is 4.57 Å². The predicted octanol–water partition coefficient (Wildman–Crippen LogP) is 3.85. The van der Waals surface area contributed by atoms with Gasteiger partial charge >= 0.3 is 5.69 Å². The first-order chi connectivity index (χ1) is 9.14. The molecule has 108 valence electrons. The van der Waals surface area contributed by atoms with Gasteiger partial charge in [0.15, 0.2) is 0 Å². The minimum atomic E-state index is -2.02. The summed E-state index contributed by atoms with van der Waals surface area (Å²) in [4.78, 5) is 12.3. The van der Waals surface area contributed by atoms with Gasteiger partial charge in [-0.05, 0) is 6.08 Å². The zero-order valence-corrected chi connectivity index (χ0v) is 14.5. The highest BCUT2D eigenvalue weighted by Crippen LogP contribution is 2.33. The minimum absolute atomic E-state index is 0.159. The van der Waals surface area contributed by atoms with Gasteiger partial charge in [0.25, 0.3) is 3.92 Å². The van der Waals surface area contributed by atoms with Gasteiger partial charge in [-0.2, -0.15) is 9.78 Å². The number of allylic oxidation sites excluding steroid dienone is 4. The molecule has 11 heteroatoms. The summed E-state index contributed by atoms with van der Waals surface area (Å²) in [6.45, 7) is 0. The molecule has 0 radical (unpaired) electrons. The summed E-state index contributed by atoms with van der Waals surface area (Å²) >= 11 is 39.9. The monoisotopic (exact) mass is 411 g/mol. The summed E-state index contributed by atoms with van der Waals surface area (Å²) in [7, 11) is 0. The Balaban J connectivity index is 2.59. The molecule has 0 bridgehead atoms. The van der Waals surface area contributed by atoms with E-state index in [4.69, 9.17) is 81.8 Å². The molecule has 0 fully saturated rings. The molecule has 1 aliphatic carbocycles. The number of nitrogens with zero attached hydrogens (tertiary/aromatic N) is 3. The van der Waals surface area contributed by atoms with E-state index in [0.29, 0.717) is 4.68 Å². The van der Waals surface area contributed by atoms with Crippen molar-refractivity contribution < 1.29 is 0 Å². The van der Waals surface area contributed by atoms with E-state index in [0.717, 1.165) is 10.9 Å². The quantitative estimate of drug-likeness (QED) is 0.518. The molecule has 0 saturated carbocycles. The van der Waals surface area contributed by atoms with E-state index >= 15 is 0 Å². The zero-order valence-electron chi connectivity index (χ0n) is 9.16. The molecule has 0 N–H and O–H groups in total. The highest BCUT2D eigenvalue weighted by atomic mass is 35.6. The number of rotatable bonds is 1. The van der Waals surface area contributed by atoms with Crippen molar-refractivity contribution in [2.75, 3.05) is 0 Å². The van der Waals surface area contributed by atoms with E-state index < -0.39 is 15.0 Å². The Hall–Kier alpha value is 0.250. The lowest BCUT2D eigenvalue weighted by Crippen LogP contribution is -2.34. The normalized spacial score (nSPS) is 20.4. The summed E-state index contributed by atoms with van der Waals surface area (Å²) < 4.78 is -0.270. The molecule has 1 aromatic heterocycles. The van der Waals surface area contributed by atoms with Gasteiger partial charge in [-0.1, -0.05) is 70.2 Å². The van der Waals surface area contributed by atoms with Crippen molar-refractivity contribution in [1.82, 2.24) is 14.3 Å². The predicted molar refractivity (Wildman–Crippen MR) is 87.3 cm³/mol.